The third-order valence-electron chi connectivity index (χ3n) is 1.68. The van der Waals surface area contributed by atoms with Crippen LogP contribution in [-0.4, -0.2) is 14.8 Å². The van der Waals surface area contributed by atoms with Crippen molar-refractivity contribution in [2.45, 2.75) is 44.6 Å². The van der Waals surface area contributed by atoms with Crippen LogP contribution in [0.15, 0.2) is 11.4 Å². The number of rotatable bonds is 3. The van der Waals surface area contributed by atoms with Crippen LogP contribution in [0.3, 0.4) is 0 Å². The second-order valence-corrected chi connectivity index (χ2v) is 4.64. The van der Waals surface area contributed by atoms with E-state index in [1.54, 1.807) is 0 Å². The van der Waals surface area contributed by atoms with E-state index in [0.717, 1.165) is 11.7 Å². The fraction of sp³-hybridized carbons (Fsp3) is 0.667. The highest BCUT2D eigenvalue weighted by Crippen LogP contribution is 2.22. The van der Waals surface area contributed by atoms with Gasteiger partial charge >= 0.3 is 0 Å². The summed E-state index contributed by atoms with van der Waals surface area (Å²) in [4.78, 5) is 4.35. The Hall–Kier alpha value is -0.440. The van der Waals surface area contributed by atoms with Gasteiger partial charge in [0.05, 0.1) is 0 Å². The van der Waals surface area contributed by atoms with Crippen molar-refractivity contribution in [2.75, 3.05) is 0 Å². The van der Waals surface area contributed by atoms with Crippen molar-refractivity contribution in [3.05, 3.63) is 11.9 Å². The molecule has 1 rings (SSSR count). The Morgan fingerprint density at radius 1 is 1.58 bits per heavy atom. The van der Waals surface area contributed by atoms with Gasteiger partial charge in [0, 0.05) is 23.7 Å². The first-order valence-electron chi connectivity index (χ1n) is 4.34. The number of hydrogen-bond donors (Lipinski definition) is 0. The molecule has 0 aliphatic heterocycles. The number of aromatic nitrogens is 2. The molecule has 1 aromatic heterocycles. The molecule has 0 unspecified atom stereocenters. The largest absolute Gasteiger partial charge is 0.324 e. The average Bonchev–Trinajstić information content (AvgIpc) is 2.30. The Labute approximate surface area is 78.4 Å². The second kappa shape index (κ2) is 3.99. The van der Waals surface area contributed by atoms with Crippen molar-refractivity contribution >= 4 is 11.8 Å². The molecule has 0 spiro atoms. The highest BCUT2D eigenvalue weighted by Gasteiger charge is 2.06. The van der Waals surface area contributed by atoms with Crippen molar-refractivity contribution in [3.8, 4) is 0 Å². The fourth-order valence-electron chi connectivity index (χ4n) is 1.13. The maximum atomic E-state index is 4.35. The predicted molar refractivity (Wildman–Crippen MR) is 53.6 cm³/mol. The van der Waals surface area contributed by atoms with E-state index in [4.69, 9.17) is 0 Å². The van der Waals surface area contributed by atoms with Crippen molar-refractivity contribution in [1.29, 1.82) is 0 Å². The van der Waals surface area contributed by atoms with Gasteiger partial charge in [-0.3, -0.25) is 0 Å². The van der Waals surface area contributed by atoms with Crippen LogP contribution < -0.4 is 0 Å². The summed E-state index contributed by atoms with van der Waals surface area (Å²) in [5.41, 5.74) is 1.25. The molecule has 0 saturated carbocycles. The molecule has 0 aromatic carbocycles. The maximum Gasteiger partial charge on any atom is 0.168 e. The summed E-state index contributed by atoms with van der Waals surface area (Å²) in [5.74, 6) is 0. The molecule has 0 fully saturated rings. The van der Waals surface area contributed by atoms with E-state index in [2.05, 4.69) is 37.2 Å². The lowest BCUT2D eigenvalue weighted by molar-refractivity contribution is 0.661. The molecule has 1 aromatic rings. The van der Waals surface area contributed by atoms with E-state index in [1.807, 2.05) is 18.0 Å². The van der Waals surface area contributed by atoms with Crippen LogP contribution in [0.2, 0.25) is 0 Å². The highest BCUT2D eigenvalue weighted by molar-refractivity contribution is 7.99. The van der Waals surface area contributed by atoms with Gasteiger partial charge in [0.2, 0.25) is 0 Å². The molecular formula is C9H16N2S. The average molecular weight is 184 g/mol. The van der Waals surface area contributed by atoms with E-state index >= 15 is 0 Å². The first-order chi connectivity index (χ1) is 5.65. The number of nitrogens with zero attached hydrogens (tertiary/aromatic N) is 2. The molecule has 0 N–H and O–H groups in total. The van der Waals surface area contributed by atoms with Gasteiger partial charge in [-0.25, -0.2) is 4.98 Å². The predicted octanol–water partition coefficient (Wildman–Crippen LogP) is 2.71. The summed E-state index contributed by atoms with van der Waals surface area (Å²) in [5, 5.41) is 1.75. The van der Waals surface area contributed by atoms with Crippen LogP contribution in [0, 0.1) is 6.92 Å². The topological polar surface area (TPSA) is 17.8 Å². The first kappa shape index (κ1) is 9.65. The first-order valence-corrected chi connectivity index (χ1v) is 5.22. The standard InChI is InChI=1S/C9H16N2S/c1-5-11-8(4)6-10-9(11)12-7(2)3/h6-7H,5H2,1-4H3. The van der Waals surface area contributed by atoms with Crippen LogP contribution >= 0.6 is 11.8 Å². The molecule has 0 atom stereocenters. The monoisotopic (exact) mass is 184 g/mol. The minimum atomic E-state index is 0.608. The summed E-state index contributed by atoms with van der Waals surface area (Å²) in [7, 11) is 0. The SMILES string of the molecule is CCn1c(C)cnc1SC(C)C. The second-order valence-electron chi connectivity index (χ2n) is 3.09. The van der Waals surface area contributed by atoms with E-state index in [-0.39, 0.29) is 0 Å². The molecule has 0 bridgehead atoms. The number of aryl methyl sites for hydroxylation is 1. The quantitative estimate of drug-likeness (QED) is 0.672. The van der Waals surface area contributed by atoms with Gasteiger partial charge in [-0.15, -0.1) is 0 Å². The zero-order valence-electron chi connectivity index (χ0n) is 8.16. The summed E-state index contributed by atoms with van der Waals surface area (Å²) in [6.07, 6.45) is 1.94. The molecule has 3 heteroatoms. The van der Waals surface area contributed by atoms with Crippen molar-refractivity contribution < 1.29 is 0 Å². The minimum Gasteiger partial charge on any atom is -0.324 e. The van der Waals surface area contributed by atoms with Gasteiger partial charge in [0.15, 0.2) is 5.16 Å². The molecule has 0 amide bonds. The summed E-state index contributed by atoms with van der Waals surface area (Å²) < 4.78 is 2.24. The van der Waals surface area contributed by atoms with E-state index < -0.39 is 0 Å². The van der Waals surface area contributed by atoms with Crippen LogP contribution in [0.1, 0.15) is 26.5 Å². The van der Waals surface area contributed by atoms with Crippen molar-refractivity contribution in [2.24, 2.45) is 0 Å². The Balaban J connectivity index is 2.84. The Morgan fingerprint density at radius 2 is 2.25 bits per heavy atom. The van der Waals surface area contributed by atoms with Crippen LogP contribution in [0.4, 0.5) is 0 Å². The molecule has 0 aliphatic rings. The summed E-state index contributed by atoms with van der Waals surface area (Å²) in [6.45, 7) is 9.64. The van der Waals surface area contributed by atoms with Crippen molar-refractivity contribution in [3.63, 3.8) is 0 Å². The van der Waals surface area contributed by atoms with Gasteiger partial charge in [-0.05, 0) is 13.8 Å². The molecular weight excluding hydrogens is 168 g/mol. The zero-order valence-corrected chi connectivity index (χ0v) is 8.98. The smallest absolute Gasteiger partial charge is 0.168 e. The summed E-state index contributed by atoms with van der Waals surface area (Å²) >= 11 is 1.82. The molecule has 1 heterocycles. The molecule has 12 heavy (non-hydrogen) atoms. The van der Waals surface area contributed by atoms with Gasteiger partial charge in [0.25, 0.3) is 0 Å². The molecule has 0 radical (unpaired) electrons. The molecule has 68 valence electrons. The van der Waals surface area contributed by atoms with Crippen LogP contribution in [-0.2, 0) is 6.54 Å². The van der Waals surface area contributed by atoms with Gasteiger partial charge in [-0.1, -0.05) is 25.6 Å². The lowest BCUT2D eigenvalue weighted by atomic mass is 10.5. The van der Waals surface area contributed by atoms with Crippen molar-refractivity contribution in [1.82, 2.24) is 9.55 Å². The molecule has 2 nitrogen and oxygen atoms in total. The Bertz CT molecular complexity index is 253. The molecule has 0 saturated heterocycles. The Morgan fingerprint density at radius 3 is 2.75 bits per heavy atom. The number of imidazole rings is 1. The van der Waals surface area contributed by atoms with Gasteiger partial charge in [0.1, 0.15) is 0 Å². The normalized spacial score (nSPS) is 11.1. The third kappa shape index (κ3) is 2.03. The Kier molecular flexibility index (Phi) is 3.20. The van der Waals surface area contributed by atoms with Crippen LogP contribution in [0.25, 0.3) is 0 Å². The van der Waals surface area contributed by atoms with E-state index in [1.165, 1.54) is 5.69 Å². The summed E-state index contributed by atoms with van der Waals surface area (Å²) in [6, 6.07) is 0. The van der Waals surface area contributed by atoms with E-state index in [9.17, 15) is 0 Å². The number of thioether (sulfide) groups is 1. The lowest BCUT2D eigenvalue weighted by Crippen LogP contribution is -2.00. The van der Waals surface area contributed by atoms with Crippen LogP contribution in [0.5, 0.6) is 0 Å². The zero-order chi connectivity index (χ0) is 9.14. The number of hydrogen-bond acceptors (Lipinski definition) is 2. The maximum absolute atomic E-state index is 4.35. The van der Waals surface area contributed by atoms with Gasteiger partial charge in [-0.2, -0.15) is 0 Å². The minimum absolute atomic E-state index is 0.608. The molecule has 0 aliphatic carbocycles. The highest BCUT2D eigenvalue weighted by atomic mass is 32.2. The van der Waals surface area contributed by atoms with E-state index in [0.29, 0.717) is 5.25 Å². The fourth-order valence-corrected chi connectivity index (χ4v) is 2.06. The third-order valence-corrected chi connectivity index (χ3v) is 2.68. The lowest BCUT2D eigenvalue weighted by Gasteiger charge is -2.07. The van der Waals surface area contributed by atoms with Gasteiger partial charge < -0.3 is 4.57 Å².